The number of hydrogen-bond donors (Lipinski definition) is 3. The van der Waals surface area contributed by atoms with E-state index in [4.69, 9.17) is 9.47 Å². The molecule has 0 aliphatic carbocycles. The lowest BCUT2D eigenvalue weighted by molar-refractivity contribution is -0.131. The van der Waals surface area contributed by atoms with Crippen LogP contribution in [0.15, 0.2) is 60.0 Å². The number of aliphatic hydroxyl groups excluding tert-OH is 1. The second kappa shape index (κ2) is 6.64. The Labute approximate surface area is 148 Å². The number of carbonyl (C=O) groups is 2. The van der Waals surface area contributed by atoms with Gasteiger partial charge in [0.25, 0.3) is 0 Å². The summed E-state index contributed by atoms with van der Waals surface area (Å²) in [7, 11) is 1.49. The van der Waals surface area contributed by atoms with Gasteiger partial charge in [-0.3, -0.25) is 0 Å². The van der Waals surface area contributed by atoms with E-state index in [1.165, 1.54) is 31.4 Å². The zero-order chi connectivity index (χ0) is 18.8. The molecule has 26 heavy (non-hydrogen) atoms. The number of aliphatic hydroxyl groups is 1. The van der Waals surface area contributed by atoms with Crippen LogP contribution in [0.4, 0.5) is 0 Å². The molecule has 0 saturated carbocycles. The van der Waals surface area contributed by atoms with Gasteiger partial charge >= 0.3 is 11.9 Å². The normalized spacial score (nSPS) is 15.7. The minimum atomic E-state index is -1.39. The summed E-state index contributed by atoms with van der Waals surface area (Å²) in [6.45, 7) is 0. The summed E-state index contributed by atoms with van der Waals surface area (Å²) in [4.78, 5) is 23.9. The van der Waals surface area contributed by atoms with Gasteiger partial charge in [0.15, 0.2) is 11.5 Å². The first-order valence-electron chi connectivity index (χ1n) is 7.49. The van der Waals surface area contributed by atoms with E-state index in [1.807, 2.05) is 0 Å². The van der Waals surface area contributed by atoms with E-state index < -0.39 is 23.5 Å². The average molecular weight is 354 g/mol. The minimum Gasteiger partial charge on any atom is -0.508 e. The van der Waals surface area contributed by atoms with Gasteiger partial charge in [0.1, 0.15) is 22.6 Å². The summed E-state index contributed by atoms with van der Waals surface area (Å²) < 4.78 is 10.1. The highest BCUT2D eigenvalue weighted by Gasteiger charge is 2.35. The molecule has 0 spiro atoms. The van der Waals surface area contributed by atoms with Crippen molar-refractivity contribution in [2.45, 2.75) is 0 Å². The van der Waals surface area contributed by atoms with Crippen molar-refractivity contribution in [1.29, 1.82) is 0 Å². The molecule has 0 amide bonds. The van der Waals surface area contributed by atoms with Crippen molar-refractivity contribution in [3.05, 3.63) is 71.2 Å². The molecule has 7 heteroatoms. The number of benzene rings is 2. The number of carboxylic acids is 1. The van der Waals surface area contributed by atoms with E-state index in [0.717, 1.165) is 0 Å². The van der Waals surface area contributed by atoms with Crippen molar-refractivity contribution >= 4 is 23.1 Å². The summed E-state index contributed by atoms with van der Waals surface area (Å²) in [5, 5.41) is 29.3. The zero-order valence-electron chi connectivity index (χ0n) is 13.6. The van der Waals surface area contributed by atoms with Crippen molar-refractivity contribution in [2.75, 3.05) is 7.11 Å². The van der Waals surface area contributed by atoms with Crippen molar-refractivity contribution in [1.82, 2.24) is 0 Å². The molecule has 7 nitrogen and oxygen atoms in total. The maximum atomic E-state index is 12.2. The van der Waals surface area contributed by atoms with Gasteiger partial charge < -0.3 is 24.8 Å². The molecule has 0 bridgehead atoms. The van der Waals surface area contributed by atoms with E-state index in [-0.39, 0.29) is 22.5 Å². The maximum Gasteiger partial charge on any atom is 0.348 e. The van der Waals surface area contributed by atoms with Crippen molar-refractivity contribution < 1.29 is 34.4 Å². The highest BCUT2D eigenvalue weighted by atomic mass is 16.6. The Hall–Kier alpha value is -3.74. The molecular weight excluding hydrogens is 340 g/mol. The lowest BCUT2D eigenvalue weighted by atomic mass is 10.0. The second-order valence-electron chi connectivity index (χ2n) is 5.40. The van der Waals surface area contributed by atoms with Crippen LogP contribution in [0.2, 0.25) is 0 Å². The molecule has 3 N–H and O–H groups in total. The number of phenols is 1. The first kappa shape index (κ1) is 17.1. The second-order valence-corrected chi connectivity index (χ2v) is 5.40. The van der Waals surface area contributed by atoms with Gasteiger partial charge in [0.2, 0.25) is 0 Å². The molecule has 1 aliphatic heterocycles. The van der Waals surface area contributed by atoms with Crippen LogP contribution in [0.1, 0.15) is 11.1 Å². The van der Waals surface area contributed by atoms with Crippen LogP contribution >= 0.6 is 0 Å². The smallest absolute Gasteiger partial charge is 0.348 e. The molecule has 2 aromatic rings. The highest BCUT2D eigenvalue weighted by Crippen LogP contribution is 2.36. The third-order valence-corrected chi connectivity index (χ3v) is 3.83. The molecule has 0 atom stereocenters. The molecule has 0 saturated heterocycles. The molecule has 3 rings (SSSR count). The summed E-state index contributed by atoms with van der Waals surface area (Å²) in [6.07, 6.45) is 0. The summed E-state index contributed by atoms with van der Waals surface area (Å²) in [6, 6.07) is 11.6. The number of phenolic OH excluding ortho intramolecular Hbond substituents is 1. The average Bonchev–Trinajstić information content (AvgIpc) is 2.91. The van der Waals surface area contributed by atoms with Crippen molar-refractivity contribution in [3.8, 4) is 11.5 Å². The lowest BCUT2D eigenvalue weighted by Gasteiger charge is -2.07. The number of esters is 1. The summed E-state index contributed by atoms with van der Waals surface area (Å²) >= 11 is 0. The van der Waals surface area contributed by atoms with Crippen LogP contribution in [-0.4, -0.2) is 34.4 Å². The van der Waals surface area contributed by atoms with Crippen LogP contribution in [0, 0.1) is 0 Å². The van der Waals surface area contributed by atoms with E-state index in [0.29, 0.717) is 11.3 Å². The van der Waals surface area contributed by atoms with Crippen LogP contribution < -0.4 is 4.74 Å². The van der Waals surface area contributed by atoms with Crippen molar-refractivity contribution in [2.24, 2.45) is 0 Å². The number of aliphatic carboxylic acids is 1. The quantitative estimate of drug-likeness (QED) is 0.571. The Bertz CT molecular complexity index is 935. The van der Waals surface area contributed by atoms with Gasteiger partial charge in [-0.2, -0.15) is 0 Å². The third-order valence-electron chi connectivity index (χ3n) is 3.83. The van der Waals surface area contributed by atoms with Crippen LogP contribution in [-0.2, 0) is 14.3 Å². The predicted octanol–water partition coefficient (Wildman–Crippen LogP) is 2.72. The summed E-state index contributed by atoms with van der Waals surface area (Å²) in [5.74, 6) is -2.75. The van der Waals surface area contributed by atoms with E-state index in [2.05, 4.69) is 0 Å². The molecule has 2 aromatic carbocycles. The van der Waals surface area contributed by atoms with Gasteiger partial charge in [-0.15, -0.1) is 0 Å². The fourth-order valence-corrected chi connectivity index (χ4v) is 2.56. The molecule has 1 aliphatic rings. The Morgan fingerprint density at radius 1 is 1.00 bits per heavy atom. The Balaban J connectivity index is 2.15. The number of carboxylic acid groups (broad SMARTS) is 1. The first-order valence-corrected chi connectivity index (χ1v) is 7.49. The van der Waals surface area contributed by atoms with Gasteiger partial charge in [0.05, 0.1) is 7.11 Å². The number of hydrogen-bond acceptors (Lipinski definition) is 6. The van der Waals surface area contributed by atoms with Crippen LogP contribution in [0.5, 0.6) is 11.5 Å². The maximum absolute atomic E-state index is 12.2. The molecular formula is C19H14O7. The Morgan fingerprint density at radius 3 is 2.15 bits per heavy atom. The molecule has 0 radical (unpaired) electrons. The van der Waals surface area contributed by atoms with Crippen LogP contribution in [0.3, 0.4) is 0 Å². The highest BCUT2D eigenvalue weighted by molar-refractivity contribution is 6.25. The Morgan fingerprint density at radius 2 is 1.62 bits per heavy atom. The molecule has 1 heterocycles. The van der Waals surface area contributed by atoms with E-state index in [1.54, 1.807) is 24.3 Å². The standard InChI is InChI=1S/C19H14O7/c1-25-13-8-4-10(5-9-13)14-16(21)17(26-19(14)24)15(18(22)23)11-2-6-12(20)7-3-11/h2-9,20-21H,1H3,(H,22,23)/b17-15+. The fourth-order valence-electron chi connectivity index (χ4n) is 2.56. The fraction of sp³-hybridized carbons (Fsp3) is 0.0526. The Kier molecular flexibility index (Phi) is 4.36. The van der Waals surface area contributed by atoms with Crippen molar-refractivity contribution in [3.63, 3.8) is 0 Å². The van der Waals surface area contributed by atoms with Gasteiger partial charge in [0, 0.05) is 0 Å². The number of carbonyl (C=O) groups excluding carboxylic acids is 1. The third kappa shape index (κ3) is 2.98. The van der Waals surface area contributed by atoms with Gasteiger partial charge in [-0.25, -0.2) is 9.59 Å². The summed E-state index contributed by atoms with van der Waals surface area (Å²) in [5.41, 5.74) is -0.00100. The van der Waals surface area contributed by atoms with E-state index in [9.17, 15) is 24.9 Å². The zero-order valence-corrected chi connectivity index (χ0v) is 13.6. The number of aromatic hydroxyl groups is 1. The lowest BCUT2D eigenvalue weighted by Crippen LogP contribution is -2.06. The van der Waals surface area contributed by atoms with Crippen LogP contribution in [0.25, 0.3) is 11.1 Å². The number of cyclic esters (lactones) is 1. The van der Waals surface area contributed by atoms with Gasteiger partial charge in [-0.1, -0.05) is 24.3 Å². The molecule has 0 aromatic heterocycles. The number of rotatable bonds is 4. The monoisotopic (exact) mass is 354 g/mol. The molecule has 0 fully saturated rings. The number of methoxy groups -OCH3 is 1. The minimum absolute atomic E-state index is 0.0504. The first-order chi connectivity index (χ1) is 12.4. The largest absolute Gasteiger partial charge is 0.508 e. The SMILES string of the molecule is COc1ccc(C2=C(O)/C(=C(\C(=O)O)c3ccc(O)cc3)OC2=O)cc1. The number of ether oxygens (including phenoxy) is 2. The van der Waals surface area contributed by atoms with Gasteiger partial charge in [-0.05, 0) is 35.4 Å². The molecule has 0 unspecified atom stereocenters. The molecule has 132 valence electrons. The topological polar surface area (TPSA) is 113 Å². The van der Waals surface area contributed by atoms with E-state index >= 15 is 0 Å². The predicted molar refractivity (Wildman–Crippen MR) is 91.3 cm³/mol.